The van der Waals surface area contributed by atoms with Crippen molar-refractivity contribution in [3.05, 3.63) is 65.7 Å². The molecule has 0 saturated carbocycles. The lowest BCUT2D eigenvalue weighted by Crippen LogP contribution is -2.45. The largest absolute Gasteiger partial charge is 0.455 e. The first-order valence-corrected chi connectivity index (χ1v) is 15.7. The monoisotopic (exact) mass is 538 g/mol. The molecule has 0 amide bonds. The maximum Gasteiger partial charge on any atom is 0.317 e. The zero-order valence-electron chi connectivity index (χ0n) is 25.6. The van der Waals surface area contributed by atoms with Gasteiger partial charge in [0.25, 0.3) is 0 Å². The van der Waals surface area contributed by atoms with Crippen LogP contribution >= 0.6 is 0 Å². The number of esters is 1. The number of nitrogens with zero attached hydrogens (tertiary/aromatic N) is 1. The zero-order valence-corrected chi connectivity index (χ0v) is 25.6. The lowest BCUT2D eigenvalue weighted by Gasteiger charge is -2.33. The van der Waals surface area contributed by atoms with Gasteiger partial charge in [-0.25, -0.2) is 0 Å². The summed E-state index contributed by atoms with van der Waals surface area (Å²) in [6.07, 6.45) is 15.1. The first-order valence-electron chi connectivity index (χ1n) is 15.7. The summed E-state index contributed by atoms with van der Waals surface area (Å²) in [5.74, 6) is 0.528. The van der Waals surface area contributed by atoms with Gasteiger partial charge in [-0.15, -0.1) is 0 Å². The number of para-hydroxylation sites is 1. The predicted molar refractivity (Wildman–Crippen MR) is 164 cm³/mol. The summed E-state index contributed by atoms with van der Waals surface area (Å²) in [6, 6.07) is 18.7. The molecule has 2 aromatic carbocycles. The average molecular weight is 539 g/mol. The summed E-state index contributed by atoms with van der Waals surface area (Å²) in [7, 11) is 4.36. The van der Waals surface area contributed by atoms with Crippen LogP contribution in [-0.2, 0) is 22.5 Å². The molecule has 218 valence electrons. The molecule has 0 spiro atoms. The minimum absolute atomic E-state index is 0.157. The summed E-state index contributed by atoms with van der Waals surface area (Å²) in [5.41, 5.74) is 2.48. The smallest absolute Gasteiger partial charge is 0.317 e. The molecule has 0 aliphatic heterocycles. The van der Waals surface area contributed by atoms with Gasteiger partial charge in [-0.3, -0.25) is 4.79 Å². The molecular formula is C35H56NO3+. The third-order valence-electron chi connectivity index (χ3n) is 7.61. The molecule has 0 aliphatic carbocycles. The van der Waals surface area contributed by atoms with E-state index in [9.17, 15) is 4.79 Å². The van der Waals surface area contributed by atoms with Gasteiger partial charge in [-0.05, 0) is 30.9 Å². The summed E-state index contributed by atoms with van der Waals surface area (Å²) in [6.45, 7) is 7.97. The summed E-state index contributed by atoms with van der Waals surface area (Å²) >= 11 is 0. The van der Waals surface area contributed by atoms with Crippen molar-refractivity contribution in [1.29, 1.82) is 0 Å². The van der Waals surface area contributed by atoms with E-state index in [0.29, 0.717) is 6.42 Å². The summed E-state index contributed by atoms with van der Waals surface area (Å²) < 4.78 is 13.0. The summed E-state index contributed by atoms with van der Waals surface area (Å²) in [4.78, 5) is 13.2. The fourth-order valence-electron chi connectivity index (χ4n) is 5.30. The molecule has 2 unspecified atom stereocenters. The van der Waals surface area contributed by atoms with Crippen molar-refractivity contribution >= 4 is 5.97 Å². The van der Waals surface area contributed by atoms with Crippen LogP contribution in [0.2, 0.25) is 0 Å². The Morgan fingerprint density at radius 2 is 1.33 bits per heavy atom. The number of aryl methyl sites for hydroxylation is 1. The Kier molecular flexibility index (Phi) is 15.9. The second kappa shape index (κ2) is 18.9. The quantitative estimate of drug-likeness (QED) is 0.0688. The maximum absolute atomic E-state index is 13.2. The van der Waals surface area contributed by atoms with Crippen LogP contribution in [0.1, 0.15) is 109 Å². The van der Waals surface area contributed by atoms with Gasteiger partial charge in [0.2, 0.25) is 6.29 Å². The Balaban J connectivity index is 1.82. The van der Waals surface area contributed by atoms with Crippen molar-refractivity contribution < 1.29 is 18.8 Å². The van der Waals surface area contributed by atoms with Crippen LogP contribution in [0.15, 0.2) is 54.6 Å². The van der Waals surface area contributed by atoms with Crippen LogP contribution in [0.4, 0.5) is 0 Å². The molecule has 2 atom stereocenters. The van der Waals surface area contributed by atoms with Gasteiger partial charge in [0, 0.05) is 12.0 Å². The molecule has 0 fully saturated rings. The second-order valence-electron chi connectivity index (χ2n) is 11.8. The number of rotatable bonds is 21. The third kappa shape index (κ3) is 13.5. The van der Waals surface area contributed by atoms with E-state index in [2.05, 4.69) is 64.3 Å². The molecule has 39 heavy (non-hydrogen) atoms. The van der Waals surface area contributed by atoms with Gasteiger partial charge in [0.1, 0.15) is 18.2 Å². The van der Waals surface area contributed by atoms with E-state index in [1.165, 1.54) is 75.3 Å². The molecule has 0 aromatic heterocycles. The number of hydrogen-bond donors (Lipinski definition) is 0. The molecule has 2 aromatic rings. The van der Waals surface area contributed by atoms with Crippen molar-refractivity contribution in [1.82, 2.24) is 0 Å². The number of carbonyl (C=O) groups is 1. The lowest BCUT2D eigenvalue weighted by molar-refractivity contribution is -0.906. The highest BCUT2D eigenvalue weighted by molar-refractivity contribution is 5.72. The van der Waals surface area contributed by atoms with Crippen LogP contribution in [0.25, 0.3) is 0 Å². The first kappa shape index (κ1) is 32.9. The van der Waals surface area contributed by atoms with E-state index in [-0.39, 0.29) is 11.9 Å². The number of carbonyl (C=O) groups excluding carboxylic acids is 1. The number of quaternary nitrogens is 1. The SMILES string of the molecule is CCCCCCCCCCCCc1ccccc1OC(CC)OC(=O)C(CC)C[N+](C)(C)Cc1ccccc1. The molecule has 0 N–H and O–H groups in total. The van der Waals surface area contributed by atoms with Crippen LogP contribution in [0, 0.1) is 5.92 Å². The fraction of sp³-hybridized carbons (Fsp3) is 0.629. The molecule has 0 radical (unpaired) electrons. The zero-order chi connectivity index (χ0) is 28.3. The van der Waals surface area contributed by atoms with Gasteiger partial charge in [-0.2, -0.15) is 0 Å². The average Bonchev–Trinajstić information content (AvgIpc) is 2.93. The van der Waals surface area contributed by atoms with Crippen LogP contribution in [-0.4, -0.2) is 37.4 Å². The Labute approximate surface area is 239 Å². The Morgan fingerprint density at radius 3 is 1.95 bits per heavy atom. The highest BCUT2D eigenvalue weighted by Gasteiger charge is 2.30. The van der Waals surface area contributed by atoms with Gasteiger partial charge in [0.05, 0.1) is 20.6 Å². The number of benzene rings is 2. The van der Waals surface area contributed by atoms with E-state index in [4.69, 9.17) is 9.47 Å². The van der Waals surface area contributed by atoms with E-state index < -0.39 is 6.29 Å². The molecule has 0 aliphatic rings. The minimum atomic E-state index is -0.565. The van der Waals surface area contributed by atoms with E-state index in [1.807, 2.05) is 25.1 Å². The Bertz CT molecular complexity index is 911. The van der Waals surface area contributed by atoms with Gasteiger partial charge < -0.3 is 14.0 Å². The summed E-state index contributed by atoms with van der Waals surface area (Å²) in [5, 5.41) is 0. The number of hydrogen-bond acceptors (Lipinski definition) is 3. The van der Waals surface area contributed by atoms with Gasteiger partial charge in [-0.1, -0.05) is 127 Å². The van der Waals surface area contributed by atoms with Crippen molar-refractivity contribution in [2.45, 2.75) is 117 Å². The Hall–Kier alpha value is -2.33. The molecule has 0 heterocycles. The second-order valence-corrected chi connectivity index (χ2v) is 11.8. The van der Waals surface area contributed by atoms with Crippen molar-refractivity contribution in [2.75, 3.05) is 20.6 Å². The number of unbranched alkanes of at least 4 members (excludes halogenated alkanes) is 9. The molecule has 0 bridgehead atoms. The molecular weight excluding hydrogens is 482 g/mol. The topological polar surface area (TPSA) is 35.5 Å². The van der Waals surface area contributed by atoms with Crippen molar-refractivity contribution in [2.24, 2.45) is 5.92 Å². The minimum Gasteiger partial charge on any atom is -0.455 e. The molecule has 0 saturated heterocycles. The Morgan fingerprint density at radius 1 is 0.744 bits per heavy atom. The molecule has 4 heteroatoms. The molecule has 2 rings (SSSR count). The number of ether oxygens (including phenoxy) is 2. The standard InChI is InChI=1S/C35H56NO3/c1-6-9-10-11-12-13-14-15-16-20-25-32-26-21-22-27-33(32)38-34(8-3)39-35(37)31(7-2)29-36(4,5)28-30-23-18-17-19-24-30/h17-19,21-24,26-27,31,34H,6-16,20,25,28-29H2,1-5H3/q+1. The van der Waals surface area contributed by atoms with Gasteiger partial charge >= 0.3 is 5.97 Å². The highest BCUT2D eigenvalue weighted by Crippen LogP contribution is 2.24. The van der Waals surface area contributed by atoms with E-state index >= 15 is 0 Å². The van der Waals surface area contributed by atoms with Gasteiger partial charge in [0.15, 0.2) is 0 Å². The van der Waals surface area contributed by atoms with Crippen molar-refractivity contribution in [3.63, 3.8) is 0 Å². The third-order valence-corrected chi connectivity index (χ3v) is 7.61. The normalized spacial score (nSPS) is 13.2. The van der Waals surface area contributed by atoms with Crippen LogP contribution < -0.4 is 4.74 Å². The van der Waals surface area contributed by atoms with Crippen LogP contribution in [0.3, 0.4) is 0 Å². The predicted octanol–water partition coefficient (Wildman–Crippen LogP) is 9.11. The van der Waals surface area contributed by atoms with E-state index in [1.54, 1.807) is 0 Å². The molecule has 4 nitrogen and oxygen atoms in total. The highest BCUT2D eigenvalue weighted by atomic mass is 16.7. The maximum atomic E-state index is 13.2. The first-order chi connectivity index (χ1) is 18.9. The fourth-order valence-corrected chi connectivity index (χ4v) is 5.30. The lowest BCUT2D eigenvalue weighted by atomic mass is 10.0. The van der Waals surface area contributed by atoms with Crippen molar-refractivity contribution in [3.8, 4) is 5.75 Å². The van der Waals surface area contributed by atoms with E-state index in [0.717, 1.165) is 36.2 Å². The van der Waals surface area contributed by atoms with Crippen LogP contribution in [0.5, 0.6) is 5.75 Å².